The molecule has 0 aromatic carbocycles. The van der Waals surface area contributed by atoms with Gasteiger partial charge in [-0.25, -0.2) is 0 Å². The number of ether oxygens (including phenoxy) is 2. The minimum absolute atomic E-state index is 0.0150. The van der Waals surface area contributed by atoms with Crippen molar-refractivity contribution in [1.29, 1.82) is 0 Å². The van der Waals surface area contributed by atoms with Crippen LogP contribution in [0.5, 0.6) is 0 Å². The fourth-order valence-electron chi connectivity index (χ4n) is 3.03. The molecule has 4 atom stereocenters. The quantitative estimate of drug-likeness (QED) is 0.510. The van der Waals surface area contributed by atoms with E-state index in [0.29, 0.717) is 11.3 Å². The van der Waals surface area contributed by atoms with E-state index in [-0.39, 0.29) is 11.9 Å². The van der Waals surface area contributed by atoms with Crippen molar-refractivity contribution in [2.45, 2.75) is 45.5 Å². The summed E-state index contributed by atoms with van der Waals surface area (Å²) >= 11 is 0. The van der Waals surface area contributed by atoms with Crippen molar-refractivity contribution in [2.75, 3.05) is 7.11 Å². The first kappa shape index (κ1) is 10.2. The molecule has 0 N–H and O–H groups in total. The molecule has 0 aromatic rings. The average Bonchev–Trinajstić information content (AvgIpc) is 2.56. The second-order valence-corrected chi connectivity index (χ2v) is 5.23. The number of hydrogen-bond donors (Lipinski definition) is 0. The first-order chi connectivity index (χ1) is 6.47. The maximum absolute atomic E-state index is 5.97. The van der Waals surface area contributed by atoms with Crippen molar-refractivity contribution in [1.82, 2.24) is 0 Å². The van der Waals surface area contributed by atoms with E-state index in [2.05, 4.69) is 26.0 Å². The van der Waals surface area contributed by atoms with Gasteiger partial charge in [0.05, 0.1) is 5.60 Å². The summed E-state index contributed by atoms with van der Waals surface area (Å²) in [7, 11) is 1.69. The molecule has 2 aliphatic rings. The number of rotatable bonds is 3. The predicted molar refractivity (Wildman–Crippen MR) is 55.9 cm³/mol. The monoisotopic (exact) mass is 196 g/mol. The zero-order valence-corrected chi connectivity index (χ0v) is 9.54. The molecular formula is C12H20O2. The lowest BCUT2D eigenvalue weighted by Crippen LogP contribution is -2.38. The molecule has 2 bridgehead atoms. The van der Waals surface area contributed by atoms with Crippen LogP contribution in [0.15, 0.2) is 12.2 Å². The third-order valence-corrected chi connectivity index (χ3v) is 3.72. The molecule has 0 saturated heterocycles. The Morgan fingerprint density at radius 3 is 2.57 bits per heavy atom. The second kappa shape index (κ2) is 3.07. The molecular weight excluding hydrogens is 176 g/mol. The molecule has 2 rings (SSSR count). The van der Waals surface area contributed by atoms with Crippen LogP contribution in [0.2, 0.25) is 0 Å². The van der Waals surface area contributed by atoms with Gasteiger partial charge < -0.3 is 9.47 Å². The van der Waals surface area contributed by atoms with E-state index in [9.17, 15) is 0 Å². The number of hydrogen-bond acceptors (Lipinski definition) is 2. The summed E-state index contributed by atoms with van der Waals surface area (Å²) in [5.74, 6) is 0.574. The van der Waals surface area contributed by atoms with E-state index in [1.165, 1.54) is 6.42 Å². The third-order valence-electron chi connectivity index (χ3n) is 3.72. The maximum Gasteiger partial charge on any atom is 0.155 e. The molecule has 2 heteroatoms. The number of allylic oxidation sites excluding steroid dienone is 1. The van der Waals surface area contributed by atoms with Crippen molar-refractivity contribution >= 4 is 0 Å². The predicted octanol–water partition coefficient (Wildman–Crippen LogP) is 2.74. The highest BCUT2D eigenvalue weighted by Gasteiger charge is 2.52. The summed E-state index contributed by atoms with van der Waals surface area (Å²) < 4.78 is 11.1. The Kier molecular flexibility index (Phi) is 2.24. The molecule has 14 heavy (non-hydrogen) atoms. The molecule has 0 heterocycles. The molecule has 2 nitrogen and oxygen atoms in total. The van der Waals surface area contributed by atoms with E-state index < -0.39 is 0 Å². The topological polar surface area (TPSA) is 18.5 Å². The first-order valence-corrected chi connectivity index (χ1v) is 5.37. The molecule has 0 radical (unpaired) electrons. The van der Waals surface area contributed by atoms with Gasteiger partial charge in [0.2, 0.25) is 0 Å². The van der Waals surface area contributed by atoms with Gasteiger partial charge in [0, 0.05) is 13.0 Å². The molecule has 0 amide bonds. The van der Waals surface area contributed by atoms with E-state index in [1.54, 1.807) is 7.11 Å². The van der Waals surface area contributed by atoms with Crippen LogP contribution in [0, 0.1) is 11.3 Å². The largest absolute Gasteiger partial charge is 0.356 e. The van der Waals surface area contributed by atoms with Gasteiger partial charge >= 0.3 is 0 Å². The third kappa shape index (κ3) is 1.51. The molecule has 0 aliphatic heterocycles. The SMILES string of the molecule is COC(C)OC1(C)CC2(C)C=CC1C2. The Hall–Kier alpha value is -0.340. The summed E-state index contributed by atoms with van der Waals surface area (Å²) in [4.78, 5) is 0. The van der Waals surface area contributed by atoms with Crippen LogP contribution in [0.3, 0.4) is 0 Å². The van der Waals surface area contributed by atoms with E-state index >= 15 is 0 Å². The molecule has 0 aromatic heterocycles. The van der Waals surface area contributed by atoms with E-state index in [1.807, 2.05) is 6.92 Å². The fraction of sp³-hybridized carbons (Fsp3) is 0.833. The molecule has 0 spiro atoms. The smallest absolute Gasteiger partial charge is 0.155 e. The first-order valence-electron chi connectivity index (χ1n) is 5.37. The Balaban J connectivity index is 2.09. The lowest BCUT2D eigenvalue weighted by Gasteiger charge is -2.35. The molecule has 4 unspecified atom stereocenters. The molecule has 1 fully saturated rings. The Morgan fingerprint density at radius 1 is 1.43 bits per heavy atom. The Bertz CT molecular complexity index is 261. The van der Waals surface area contributed by atoms with Crippen LogP contribution >= 0.6 is 0 Å². The number of fused-ring (bicyclic) bond motifs is 2. The number of methoxy groups -OCH3 is 1. The minimum Gasteiger partial charge on any atom is -0.356 e. The average molecular weight is 196 g/mol. The summed E-state index contributed by atoms with van der Waals surface area (Å²) in [6, 6.07) is 0. The molecule has 2 aliphatic carbocycles. The van der Waals surface area contributed by atoms with Crippen molar-refractivity contribution in [3.8, 4) is 0 Å². The van der Waals surface area contributed by atoms with Gasteiger partial charge in [-0.15, -0.1) is 0 Å². The van der Waals surface area contributed by atoms with Crippen molar-refractivity contribution < 1.29 is 9.47 Å². The highest BCUT2D eigenvalue weighted by molar-refractivity contribution is 5.21. The normalized spacial score (nSPS) is 47.3. The van der Waals surface area contributed by atoms with Gasteiger partial charge in [-0.3, -0.25) is 0 Å². The zero-order chi connectivity index (χ0) is 10.4. The highest BCUT2D eigenvalue weighted by atomic mass is 16.7. The Labute approximate surface area is 86.3 Å². The second-order valence-electron chi connectivity index (χ2n) is 5.23. The maximum atomic E-state index is 5.97. The van der Waals surface area contributed by atoms with Gasteiger partial charge in [-0.05, 0) is 32.1 Å². The van der Waals surface area contributed by atoms with Crippen LogP contribution < -0.4 is 0 Å². The summed E-state index contributed by atoms with van der Waals surface area (Å²) in [5.41, 5.74) is 0.353. The van der Waals surface area contributed by atoms with Crippen molar-refractivity contribution in [3.63, 3.8) is 0 Å². The summed E-state index contributed by atoms with van der Waals surface area (Å²) in [5, 5.41) is 0. The lowest BCUT2D eigenvalue weighted by molar-refractivity contribution is -0.193. The fourth-order valence-corrected chi connectivity index (χ4v) is 3.03. The Morgan fingerprint density at radius 2 is 2.14 bits per heavy atom. The molecule has 1 saturated carbocycles. The van der Waals surface area contributed by atoms with Crippen LogP contribution in [0.1, 0.15) is 33.6 Å². The van der Waals surface area contributed by atoms with E-state index in [4.69, 9.17) is 9.47 Å². The van der Waals surface area contributed by atoms with Crippen LogP contribution in [-0.4, -0.2) is 19.0 Å². The van der Waals surface area contributed by atoms with Crippen LogP contribution in [-0.2, 0) is 9.47 Å². The zero-order valence-electron chi connectivity index (χ0n) is 9.54. The summed E-state index contributed by atoms with van der Waals surface area (Å²) in [6.07, 6.45) is 6.91. The van der Waals surface area contributed by atoms with Gasteiger partial charge in [-0.1, -0.05) is 19.1 Å². The minimum atomic E-state index is -0.101. The van der Waals surface area contributed by atoms with Crippen molar-refractivity contribution in [3.05, 3.63) is 12.2 Å². The van der Waals surface area contributed by atoms with Gasteiger partial charge in [0.1, 0.15) is 0 Å². The van der Waals surface area contributed by atoms with Crippen LogP contribution in [0.4, 0.5) is 0 Å². The van der Waals surface area contributed by atoms with Gasteiger partial charge in [-0.2, -0.15) is 0 Å². The molecule has 80 valence electrons. The lowest BCUT2D eigenvalue weighted by atomic mass is 9.84. The standard InChI is InChI=1S/C12H20O2/c1-9(13-4)14-12(3)8-11(2)6-5-10(12)7-11/h5-6,9-10H,7-8H2,1-4H3. The van der Waals surface area contributed by atoms with Crippen LogP contribution in [0.25, 0.3) is 0 Å². The summed E-state index contributed by atoms with van der Waals surface area (Å²) in [6.45, 7) is 6.49. The van der Waals surface area contributed by atoms with Crippen molar-refractivity contribution in [2.24, 2.45) is 11.3 Å². The van der Waals surface area contributed by atoms with E-state index in [0.717, 1.165) is 6.42 Å². The van der Waals surface area contributed by atoms with Gasteiger partial charge in [0.15, 0.2) is 6.29 Å². The van der Waals surface area contributed by atoms with Gasteiger partial charge in [0.25, 0.3) is 0 Å². The highest BCUT2D eigenvalue weighted by Crippen LogP contribution is 2.55.